The molecule has 0 radical (unpaired) electrons. The van der Waals surface area contributed by atoms with Gasteiger partial charge >= 0.3 is 6.03 Å². The van der Waals surface area contributed by atoms with Crippen LogP contribution < -0.4 is 15.4 Å². The topological polar surface area (TPSA) is 50.4 Å². The SMILES string of the molecule is COc1ccc(C2(NC(=O)NCc3ccc(F)cc3)CC2)cc1. The summed E-state index contributed by atoms with van der Waals surface area (Å²) in [5.74, 6) is 0.514. The van der Waals surface area contributed by atoms with Crippen molar-refractivity contribution in [3.8, 4) is 5.75 Å². The van der Waals surface area contributed by atoms with Crippen LogP contribution in [0.25, 0.3) is 0 Å². The van der Waals surface area contributed by atoms with Gasteiger partial charge in [-0.15, -0.1) is 0 Å². The Labute approximate surface area is 134 Å². The fraction of sp³-hybridized carbons (Fsp3) is 0.278. The Kier molecular flexibility index (Phi) is 4.19. The molecule has 0 saturated heterocycles. The van der Waals surface area contributed by atoms with Crippen molar-refractivity contribution in [1.82, 2.24) is 10.6 Å². The zero-order valence-electron chi connectivity index (χ0n) is 12.9. The van der Waals surface area contributed by atoms with Gasteiger partial charge in [0.2, 0.25) is 0 Å². The summed E-state index contributed by atoms with van der Waals surface area (Å²) in [7, 11) is 1.63. The van der Waals surface area contributed by atoms with Crippen LogP contribution in [0.5, 0.6) is 5.75 Å². The summed E-state index contributed by atoms with van der Waals surface area (Å²) < 4.78 is 18.0. The molecule has 5 heteroatoms. The zero-order valence-corrected chi connectivity index (χ0v) is 12.9. The Morgan fingerprint density at radius 3 is 2.35 bits per heavy atom. The van der Waals surface area contributed by atoms with E-state index in [1.807, 2.05) is 24.3 Å². The van der Waals surface area contributed by atoms with Crippen molar-refractivity contribution in [2.45, 2.75) is 24.9 Å². The predicted molar refractivity (Wildman–Crippen MR) is 85.7 cm³/mol. The van der Waals surface area contributed by atoms with Gasteiger partial charge in [-0.2, -0.15) is 0 Å². The average Bonchev–Trinajstić information content (AvgIpc) is 3.35. The van der Waals surface area contributed by atoms with Crippen LogP contribution >= 0.6 is 0 Å². The summed E-state index contributed by atoms with van der Waals surface area (Å²) in [6, 6.07) is 13.6. The maximum atomic E-state index is 12.8. The van der Waals surface area contributed by atoms with Gasteiger partial charge in [-0.05, 0) is 48.2 Å². The van der Waals surface area contributed by atoms with E-state index >= 15 is 0 Å². The van der Waals surface area contributed by atoms with Crippen molar-refractivity contribution < 1.29 is 13.9 Å². The van der Waals surface area contributed by atoms with Crippen LogP contribution in [-0.2, 0) is 12.1 Å². The molecule has 4 nitrogen and oxygen atoms in total. The number of nitrogens with one attached hydrogen (secondary N) is 2. The maximum absolute atomic E-state index is 12.8. The first-order chi connectivity index (χ1) is 11.1. The van der Waals surface area contributed by atoms with Crippen LogP contribution in [0.3, 0.4) is 0 Å². The van der Waals surface area contributed by atoms with E-state index in [2.05, 4.69) is 10.6 Å². The van der Waals surface area contributed by atoms with Crippen molar-refractivity contribution in [2.75, 3.05) is 7.11 Å². The number of carbonyl (C=O) groups is 1. The molecule has 3 rings (SSSR count). The molecule has 0 spiro atoms. The Hall–Kier alpha value is -2.56. The van der Waals surface area contributed by atoms with E-state index in [1.165, 1.54) is 12.1 Å². The highest BCUT2D eigenvalue weighted by molar-refractivity contribution is 5.75. The van der Waals surface area contributed by atoms with Gasteiger partial charge < -0.3 is 15.4 Å². The molecule has 0 bridgehead atoms. The Morgan fingerprint density at radius 2 is 1.78 bits per heavy atom. The summed E-state index contributed by atoms with van der Waals surface area (Å²) in [6.07, 6.45) is 1.84. The molecule has 1 aliphatic carbocycles. The third-order valence-corrected chi connectivity index (χ3v) is 4.11. The van der Waals surface area contributed by atoms with Gasteiger partial charge in [-0.25, -0.2) is 9.18 Å². The third-order valence-electron chi connectivity index (χ3n) is 4.11. The molecular formula is C18H19FN2O2. The van der Waals surface area contributed by atoms with Crippen molar-refractivity contribution in [2.24, 2.45) is 0 Å². The maximum Gasteiger partial charge on any atom is 0.315 e. The fourth-order valence-electron chi connectivity index (χ4n) is 2.57. The van der Waals surface area contributed by atoms with Crippen LogP contribution in [0, 0.1) is 5.82 Å². The summed E-state index contributed by atoms with van der Waals surface area (Å²) in [6.45, 7) is 0.366. The molecule has 2 aromatic rings. The number of hydrogen-bond donors (Lipinski definition) is 2. The molecule has 2 N–H and O–H groups in total. The standard InChI is InChI=1S/C18H19FN2O2/c1-23-16-8-4-14(5-9-16)18(10-11-18)21-17(22)20-12-13-2-6-15(19)7-3-13/h2-9H,10-12H2,1H3,(H2,20,21,22). The van der Waals surface area contributed by atoms with E-state index in [4.69, 9.17) is 4.74 Å². The number of urea groups is 1. The molecule has 2 aromatic carbocycles. The average molecular weight is 314 g/mol. The molecule has 0 unspecified atom stereocenters. The second kappa shape index (κ2) is 6.28. The minimum absolute atomic E-state index is 0.220. The largest absolute Gasteiger partial charge is 0.497 e. The predicted octanol–water partition coefficient (Wildman–Crippen LogP) is 3.32. The number of hydrogen-bond acceptors (Lipinski definition) is 2. The first-order valence-electron chi connectivity index (χ1n) is 7.56. The van der Waals surface area contributed by atoms with Crippen molar-refractivity contribution >= 4 is 6.03 Å². The summed E-state index contributed by atoms with van der Waals surface area (Å²) in [5, 5.41) is 5.85. The van der Waals surface area contributed by atoms with E-state index in [-0.39, 0.29) is 17.4 Å². The van der Waals surface area contributed by atoms with E-state index in [1.54, 1.807) is 19.2 Å². The summed E-state index contributed by atoms with van der Waals surface area (Å²) in [4.78, 5) is 12.1. The molecule has 1 saturated carbocycles. The summed E-state index contributed by atoms with van der Waals surface area (Å²) in [5.41, 5.74) is 1.66. The molecule has 0 aliphatic heterocycles. The molecule has 23 heavy (non-hydrogen) atoms. The number of halogens is 1. The highest BCUT2D eigenvalue weighted by atomic mass is 19.1. The van der Waals surface area contributed by atoms with Gasteiger partial charge in [-0.3, -0.25) is 0 Å². The Balaban J connectivity index is 1.57. The van der Waals surface area contributed by atoms with Gasteiger partial charge in [0.05, 0.1) is 12.6 Å². The number of rotatable bonds is 5. The molecule has 0 atom stereocenters. The number of amides is 2. The van der Waals surface area contributed by atoms with E-state index in [0.717, 1.165) is 29.7 Å². The monoisotopic (exact) mass is 314 g/mol. The molecule has 1 aliphatic rings. The second-order valence-corrected chi connectivity index (χ2v) is 5.74. The Morgan fingerprint density at radius 1 is 1.13 bits per heavy atom. The van der Waals surface area contributed by atoms with Gasteiger partial charge in [0.1, 0.15) is 11.6 Å². The minimum atomic E-state index is -0.283. The molecule has 0 heterocycles. The van der Waals surface area contributed by atoms with Crippen molar-refractivity contribution in [1.29, 1.82) is 0 Å². The number of carbonyl (C=O) groups excluding carboxylic acids is 1. The highest BCUT2D eigenvalue weighted by Gasteiger charge is 2.45. The van der Waals surface area contributed by atoms with Crippen LogP contribution in [0.4, 0.5) is 9.18 Å². The molecule has 1 fully saturated rings. The number of benzene rings is 2. The highest BCUT2D eigenvalue weighted by Crippen LogP contribution is 2.45. The Bertz CT molecular complexity index is 679. The zero-order chi connectivity index (χ0) is 16.3. The van der Waals surface area contributed by atoms with E-state index in [9.17, 15) is 9.18 Å². The molecule has 0 aromatic heterocycles. The lowest BCUT2D eigenvalue weighted by atomic mass is 10.1. The lowest BCUT2D eigenvalue weighted by Crippen LogP contribution is -2.41. The van der Waals surface area contributed by atoms with Gasteiger partial charge in [0.25, 0.3) is 0 Å². The van der Waals surface area contributed by atoms with E-state index in [0.29, 0.717) is 6.54 Å². The minimum Gasteiger partial charge on any atom is -0.497 e. The van der Waals surface area contributed by atoms with Crippen LogP contribution in [-0.4, -0.2) is 13.1 Å². The second-order valence-electron chi connectivity index (χ2n) is 5.74. The molecule has 120 valence electrons. The van der Waals surface area contributed by atoms with Crippen molar-refractivity contribution in [3.63, 3.8) is 0 Å². The van der Waals surface area contributed by atoms with Crippen LogP contribution in [0.1, 0.15) is 24.0 Å². The van der Waals surface area contributed by atoms with Crippen molar-refractivity contribution in [3.05, 3.63) is 65.5 Å². The smallest absolute Gasteiger partial charge is 0.315 e. The lowest BCUT2D eigenvalue weighted by molar-refractivity contribution is 0.235. The van der Waals surface area contributed by atoms with Crippen LogP contribution in [0.15, 0.2) is 48.5 Å². The molecule has 2 amide bonds. The van der Waals surface area contributed by atoms with Gasteiger partial charge in [0.15, 0.2) is 0 Å². The summed E-state index contributed by atoms with van der Waals surface area (Å²) >= 11 is 0. The van der Waals surface area contributed by atoms with E-state index < -0.39 is 0 Å². The number of ether oxygens (including phenoxy) is 1. The first kappa shape index (κ1) is 15.3. The first-order valence-corrected chi connectivity index (χ1v) is 7.56. The van der Waals surface area contributed by atoms with Gasteiger partial charge in [-0.1, -0.05) is 24.3 Å². The number of methoxy groups -OCH3 is 1. The normalized spacial score (nSPS) is 14.9. The van der Waals surface area contributed by atoms with Crippen LogP contribution in [0.2, 0.25) is 0 Å². The third kappa shape index (κ3) is 3.62. The van der Waals surface area contributed by atoms with Gasteiger partial charge in [0, 0.05) is 6.54 Å². The quantitative estimate of drug-likeness (QED) is 0.889. The molecular weight excluding hydrogens is 295 g/mol. The lowest BCUT2D eigenvalue weighted by Gasteiger charge is -2.19. The fourth-order valence-corrected chi connectivity index (χ4v) is 2.57.